The van der Waals surface area contributed by atoms with Crippen LogP contribution in [0.15, 0.2) is 17.7 Å². The van der Waals surface area contributed by atoms with E-state index >= 15 is 0 Å². The third-order valence-corrected chi connectivity index (χ3v) is 3.59. The minimum atomic E-state index is 0.348. The van der Waals surface area contributed by atoms with E-state index in [2.05, 4.69) is 38.1 Å². The average Bonchev–Trinajstić information content (AvgIpc) is 2.88. The quantitative estimate of drug-likeness (QED) is 0.817. The molecule has 1 aromatic carbocycles. The zero-order valence-electron chi connectivity index (χ0n) is 11.2. The molecule has 2 aliphatic rings. The third kappa shape index (κ3) is 1.65. The Morgan fingerprint density at radius 2 is 1.89 bits per heavy atom. The van der Waals surface area contributed by atoms with Crippen LogP contribution in [0.2, 0.25) is 0 Å². The first-order chi connectivity index (χ1) is 8.70. The Morgan fingerprint density at radius 3 is 2.56 bits per heavy atom. The van der Waals surface area contributed by atoms with Gasteiger partial charge >= 0.3 is 0 Å². The molecule has 1 aromatic rings. The van der Waals surface area contributed by atoms with Gasteiger partial charge in [0.25, 0.3) is 0 Å². The van der Waals surface area contributed by atoms with Crippen LogP contribution in [-0.4, -0.2) is 25.8 Å². The van der Waals surface area contributed by atoms with E-state index in [1.54, 1.807) is 0 Å². The maximum atomic E-state index is 5.48. The van der Waals surface area contributed by atoms with Crippen LogP contribution in [0.5, 0.6) is 11.5 Å². The van der Waals surface area contributed by atoms with Crippen molar-refractivity contribution in [3.8, 4) is 11.5 Å². The number of allylic oxidation sites excluding steroid dienone is 1. The molecule has 3 nitrogen and oxygen atoms in total. The molecular formula is C15H19NO2. The maximum Gasteiger partial charge on any atom is 0.231 e. The van der Waals surface area contributed by atoms with Gasteiger partial charge in [-0.3, -0.25) is 0 Å². The second-order valence-electron chi connectivity index (χ2n) is 5.14. The number of ether oxygens (including phenoxy) is 2. The lowest BCUT2D eigenvalue weighted by Gasteiger charge is -2.18. The summed E-state index contributed by atoms with van der Waals surface area (Å²) in [6, 6.07) is 4.28. The standard InChI is InChI=1S/C15H19NO2/c1-4-5-10-6-11-7-13-14(18-9-17-13)8-12(11)15(10)16(2)3/h7-8H,4-6,9H2,1-3H3. The first-order valence-corrected chi connectivity index (χ1v) is 6.53. The highest BCUT2D eigenvalue weighted by Gasteiger charge is 2.26. The molecule has 0 unspecified atom stereocenters. The summed E-state index contributed by atoms with van der Waals surface area (Å²) in [5.41, 5.74) is 5.57. The topological polar surface area (TPSA) is 21.7 Å². The molecule has 0 radical (unpaired) electrons. The van der Waals surface area contributed by atoms with Gasteiger partial charge in [0.15, 0.2) is 11.5 Å². The van der Waals surface area contributed by atoms with Gasteiger partial charge in [0.05, 0.1) is 0 Å². The largest absolute Gasteiger partial charge is 0.454 e. The summed E-state index contributed by atoms with van der Waals surface area (Å²) < 4.78 is 10.9. The van der Waals surface area contributed by atoms with E-state index in [0.29, 0.717) is 6.79 Å². The van der Waals surface area contributed by atoms with E-state index in [4.69, 9.17) is 9.47 Å². The van der Waals surface area contributed by atoms with E-state index in [9.17, 15) is 0 Å². The Hall–Kier alpha value is -1.64. The second kappa shape index (κ2) is 4.23. The van der Waals surface area contributed by atoms with Gasteiger partial charge in [0.2, 0.25) is 6.79 Å². The van der Waals surface area contributed by atoms with E-state index in [0.717, 1.165) is 24.3 Å². The highest BCUT2D eigenvalue weighted by Crippen LogP contribution is 2.43. The molecule has 0 N–H and O–H groups in total. The lowest BCUT2D eigenvalue weighted by molar-refractivity contribution is 0.174. The molecule has 1 aliphatic carbocycles. The van der Waals surface area contributed by atoms with Gasteiger partial charge in [0, 0.05) is 25.4 Å². The summed E-state index contributed by atoms with van der Waals surface area (Å²) in [5.74, 6) is 1.77. The molecule has 1 heterocycles. The maximum absolute atomic E-state index is 5.48. The van der Waals surface area contributed by atoms with Crippen molar-refractivity contribution < 1.29 is 9.47 Å². The number of hydrogen-bond acceptors (Lipinski definition) is 3. The van der Waals surface area contributed by atoms with Crippen molar-refractivity contribution in [3.05, 3.63) is 28.8 Å². The summed E-state index contributed by atoms with van der Waals surface area (Å²) in [6.07, 6.45) is 3.40. The van der Waals surface area contributed by atoms with E-state index in [1.807, 2.05) is 0 Å². The van der Waals surface area contributed by atoms with E-state index in [-0.39, 0.29) is 0 Å². The molecule has 3 rings (SSSR count). The van der Waals surface area contributed by atoms with Crippen LogP contribution >= 0.6 is 0 Å². The molecule has 0 bridgehead atoms. The predicted octanol–water partition coefficient (Wildman–Crippen LogP) is 3.04. The monoisotopic (exact) mass is 245 g/mol. The molecule has 0 amide bonds. The Morgan fingerprint density at radius 1 is 1.17 bits per heavy atom. The Bertz CT molecular complexity index is 517. The van der Waals surface area contributed by atoms with Gasteiger partial charge < -0.3 is 14.4 Å². The predicted molar refractivity (Wildman–Crippen MR) is 71.8 cm³/mol. The molecule has 0 fully saturated rings. The number of fused-ring (bicyclic) bond motifs is 2. The molecule has 0 saturated heterocycles. The fourth-order valence-electron chi connectivity index (χ4n) is 2.92. The number of rotatable bonds is 3. The first kappa shape index (κ1) is 11.5. The summed E-state index contributed by atoms with van der Waals surface area (Å²) in [7, 11) is 4.23. The zero-order valence-corrected chi connectivity index (χ0v) is 11.2. The SMILES string of the molecule is CCCC1=C(N(C)C)c2cc3c(cc2C1)OCO3. The molecule has 0 atom stereocenters. The van der Waals surface area contributed by atoms with Gasteiger partial charge in [-0.1, -0.05) is 13.3 Å². The molecule has 0 spiro atoms. The normalized spacial score (nSPS) is 16.2. The van der Waals surface area contributed by atoms with Gasteiger partial charge in [-0.15, -0.1) is 0 Å². The lowest BCUT2D eigenvalue weighted by atomic mass is 10.1. The minimum absolute atomic E-state index is 0.348. The van der Waals surface area contributed by atoms with Crippen LogP contribution in [0.4, 0.5) is 0 Å². The molecule has 1 aliphatic heterocycles. The van der Waals surface area contributed by atoms with Gasteiger partial charge in [-0.05, 0) is 36.1 Å². The van der Waals surface area contributed by atoms with E-state index in [1.165, 1.54) is 28.8 Å². The van der Waals surface area contributed by atoms with Crippen molar-refractivity contribution >= 4 is 5.70 Å². The van der Waals surface area contributed by atoms with Gasteiger partial charge in [0.1, 0.15) is 0 Å². The zero-order chi connectivity index (χ0) is 12.7. The molecular weight excluding hydrogens is 226 g/mol. The molecule has 3 heteroatoms. The minimum Gasteiger partial charge on any atom is -0.454 e. The van der Waals surface area contributed by atoms with Crippen molar-refractivity contribution in [1.82, 2.24) is 4.90 Å². The number of nitrogens with zero attached hydrogens (tertiary/aromatic N) is 1. The van der Waals surface area contributed by atoms with Crippen molar-refractivity contribution in [1.29, 1.82) is 0 Å². The smallest absolute Gasteiger partial charge is 0.231 e. The third-order valence-electron chi connectivity index (χ3n) is 3.59. The lowest BCUT2D eigenvalue weighted by Crippen LogP contribution is -2.10. The van der Waals surface area contributed by atoms with Crippen molar-refractivity contribution in [3.63, 3.8) is 0 Å². The number of hydrogen-bond donors (Lipinski definition) is 0. The van der Waals surface area contributed by atoms with Gasteiger partial charge in [-0.25, -0.2) is 0 Å². The van der Waals surface area contributed by atoms with Crippen LogP contribution < -0.4 is 9.47 Å². The Kier molecular flexibility index (Phi) is 2.69. The van der Waals surface area contributed by atoms with Crippen LogP contribution in [0.25, 0.3) is 5.70 Å². The summed E-state index contributed by atoms with van der Waals surface area (Å²) in [5, 5.41) is 0. The summed E-state index contributed by atoms with van der Waals surface area (Å²) in [4.78, 5) is 2.22. The molecule has 0 saturated carbocycles. The highest BCUT2D eigenvalue weighted by molar-refractivity contribution is 5.77. The molecule has 18 heavy (non-hydrogen) atoms. The second-order valence-corrected chi connectivity index (χ2v) is 5.14. The van der Waals surface area contributed by atoms with Crippen LogP contribution in [0.1, 0.15) is 30.9 Å². The van der Waals surface area contributed by atoms with E-state index < -0.39 is 0 Å². The molecule has 0 aromatic heterocycles. The Balaban J connectivity index is 2.07. The number of benzene rings is 1. The Labute approximate surface area is 108 Å². The average molecular weight is 245 g/mol. The fourth-order valence-corrected chi connectivity index (χ4v) is 2.92. The summed E-state index contributed by atoms with van der Waals surface area (Å²) in [6.45, 7) is 2.58. The van der Waals surface area contributed by atoms with Crippen LogP contribution in [-0.2, 0) is 6.42 Å². The van der Waals surface area contributed by atoms with Crippen molar-refractivity contribution in [2.75, 3.05) is 20.9 Å². The van der Waals surface area contributed by atoms with Crippen molar-refractivity contribution in [2.24, 2.45) is 0 Å². The van der Waals surface area contributed by atoms with Gasteiger partial charge in [-0.2, -0.15) is 0 Å². The fraction of sp³-hybridized carbons (Fsp3) is 0.467. The van der Waals surface area contributed by atoms with Crippen molar-refractivity contribution in [2.45, 2.75) is 26.2 Å². The highest BCUT2D eigenvalue weighted by atomic mass is 16.7. The summed E-state index contributed by atoms with van der Waals surface area (Å²) >= 11 is 0. The molecule has 96 valence electrons. The van der Waals surface area contributed by atoms with Crippen LogP contribution in [0.3, 0.4) is 0 Å². The van der Waals surface area contributed by atoms with Crippen LogP contribution in [0, 0.1) is 0 Å². The first-order valence-electron chi connectivity index (χ1n) is 6.53.